The molecule has 1 aromatic heterocycles. The van der Waals surface area contributed by atoms with Gasteiger partial charge >= 0.3 is 0 Å². The number of hydrogen-bond acceptors (Lipinski definition) is 5. The van der Waals surface area contributed by atoms with E-state index >= 15 is 0 Å². The van der Waals surface area contributed by atoms with Gasteiger partial charge in [0.15, 0.2) is 0 Å². The van der Waals surface area contributed by atoms with Crippen molar-refractivity contribution in [2.45, 2.75) is 6.92 Å². The first kappa shape index (κ1) is 19.7. The molecule has 0 bridgehead atoms. The van der Waals surface area contributed by atoms with E-state index in [1.54, 1.807) is 24.7 Å². The summed E-state index contributed by atoms with van der Waals surface area (Å²) >= 11 is 1.55. The van der Waals surface area contributed by atoms with E-state index in [0.29, 0.717) is 13.2 Å². The maximum atomic E-state index is 11.1. The quantitative estimate of drug-likeness (QED) is 0.491. The fourth-order valence-corrected chi connectivity index (χ4v) is 3.40. The molecular formula is C21H22N4O2S. The molecule has 1 N–H and O–H groups in total. The van der Waals surface area contributed by atoms with Crippen molar-refractivity contribution in [1.82, 2.24) is 4.68 Å². The minimum absolute atomic E-state index is 0.0925. The van der Waals surface area contributed by atoms with Crippen molar-refractivity contribution >= 4 is 29.1 Å². The van der Waals surface area contributed by atoms with E-state index in [9.17, 15) is 4.79 Å². The van der Waals surface area contributed by atoms with E-state index in [2.05, 4.69) is 32.9 Å². The number of benzene rings is 2. The van der Waals surface area contributed by atoms with Gasteiger partial charge in [-0.1, -0.05) is 42.5 Å². The summed E-state index contributed by atoms with van der Waals surface area (Å²) < 4.78 is 6.94. The smallest absolute Gasteiger partial charge is 0.221 e. The van der Waals surface area contributed by atoms with E-state index in [-0.39, 0.29) is 5.91 Å². The van der Waals surface area contributed by atoms with Crippen LogP contribution in [0.15, 0.2) is 70.1 Å². The average Bonchev–Trinajstić information content (AvgIpc) is 3.11. The zero-order valence-electron chi connectivity index (χ0n) is 15.8. The number of hydrogen-bond donors (Lipinski definition) is 1. The van der Waals surface area contributed by atoms with Gasteiger partial charge in [-0.15, -0.1) is 11.3 Å². The summed E-state index contributed by atoms with van der Waals surface area (Å²) in [5.41, 5.74) is 3.74. The molecule has 0 radical (unpaired) electrons. The van der Waals surface area contributed by atoms with Crippen molar-refractivity contribution < 1.29 is 9.53 Å². The lowest BCUT2D eigenvalue weighted by Gasteiger charge is -2.04. The zero-order chi connectivity index (χ0) is 19.8. The Bertz CT molecular complexity index is 1000. The number of anilines is 1. The van der Waals surface area contributed by atoms with Crippen LogP contribution in [0.3, 0.4) is 0 Å². The lowest BCUT2D eigenvalue weighted by Crippen LogP contribution is -2.13. The normalized spacial score (nSPS) is 11.9. The Morgan fingerprint density at radius 1 is 1.18 bits per heavy atom. The third-order valence-electron chi connectivity index (χ3n) is 3.85. The van der Waals surface area contributed by atoms with Gasteiger partial charge in [0.1, 0.15) is 0 Å². The first-order valence-corrected chi connectivity index (χ1v) is 9.73. The van der Waals surface area contributed by atoms with E-state index in [1.165, 1.54) is 6.92 Å². The average molecular weight is 395 g/mol. The summed E-state index contributed by atoms with van der Waals surface area (Å²) in [6.45, 7) is 2.63. The summed E-state index contributed by atoms with van der Waals surface area (Å²) in [6, 6.07) is 17.6. The van der Waals surface area contributed by atoms with Crippen LogP contribution >= 0.6 is 11.3 Å². The molecule has 3 aromatic rings. The van der Waals surface area contributed by atoms with E-state index in [1.807, 2.05) is 47.1 Å². The van der Waals surface area contributed by atoms with Gasteiger partial charge in [0.2, 0.25) is 10.7 Å². The fourth-order valence-electron chi connectivity index (χ4n) is 2.54. The predicted octanol–water partition coefficient (Wildman–Crippen LogP) is 3.60. The summed E-state index contributed by atoms with van der Waals surface area (Å²) in [7, 11) is 1.66. The molecule has 1 amide bonds. The molecule has 0 unspecified atom stereocenters. The van der Waals surface area contributed by atoms with Crippen molar-refractivity contribution in [3.8, 4) is 11.3 Å². The molecule has 0 aliphatic rings. The van der Waals surface area contributed by atoms with E-state index in [4.69, 9.17) is 4.74 Å². The van der Waals surface area contributed by atoms with E-state index in [0.717, 1.165) is 27.3 Å². The number of carbonyl (C=O) groups is 1. The molecule has 7 heteroatoms. The van der Waals surface area contributed by atoms with Gasteiger partial charge in [0.05, 0.1) is 25.1 Å². The van der Waals surface area contributed by atoms with Crippen LogP contribution < -0.4 is 10.1 Å². The van der Waals surface area contributed by atoms with Crippen LogP contribution in [0.25, 0.3) is 11.3 Å². The Morgan fingerprint density at radius 3 is 2.61 bits per heavy atom. The minimum Gasteiger partial charge on any atom is -0.383 e. The van der Waals surface area contributed by atoms with Gasteiger partial charge in [-0.25, -0.2) is 4.68 Å². The second-order valence-corrected chi connectivity index (χ2v) is 6.84. The molecule has 1 heterocycles. The number of nitrogens with one attached hydrogen (secondary N) is 1. The number of aromatic nitrogens is 1. The Hall–Kier alpha value is -3.03. The second kappa shape index (κ2) is 9.77. The molecule has 2 aromatic carbocycles. The van der Waals surface area contributed by atoms with Crippen LogP contribution in [0.5, 0.6) is 0 Å². The first-order chi connectivity index (χ1) is 13.7. The van der Waals surface area contributed by atoms with E-state index < -0.39 is 0 Å². The van der Waals surface area contributed by atoms with Crippen molar-refractivity contribution in [2.75, 3.05) is 25.6 Å². The highest BCUT2D eigenvalue weighted by Gasteiger charge is 2.06. The number of methoxy groups -OCH3 is 1. The minimum atomic E-state index is -0.0925. The number of nitrogens with zero attached hydrogens (tertiary/aromatic N) is 3. The largest absolute Gasteiger partial charge is 0.383 e. The monoisotopic (exact) mass is 394 g/mol. The SMILES string of the molecule is COCCN=c1scc(-c2ccccc2)n1/N=C\c1ccc(NC(C)=O)cc1. The molecule has 0 aliphatic heterocycles. The van der Waals surface area contributed by atoms with Crippen LogP contribution in [0.2, 0.25) is 0 Å². The van der Waals surface area contributed by atoms with Crippen molar-refractivity contribution in [3.05, 3.63) is 70.3 Å². The maximum absolute atomic E-state index is 11.1. The van der Waals surface area contributed by atoms with Crippen LogP contribution in [0, 0.1) is 0 Å². The molecule has 0 saturated carbocycles. The Balaban J connectivity index is 1.92. The van der Waals surface area contributed by atoms with Gasteiger partial charge in [-0.2, -0.15) is 5.10 Å². The molecule has 6 nitrogen and oxygen atoms in total. The summed E-state index contributed by atoms with van der Waals surface area (Å²) in [5.74, 6) is -0.0925. The van der Waals surface area contributed by atoms with Crippen LogP contribution in [-0.4, -0.2) is 37.1 Å². The van der Waals surface area contributed by atoms with Crippen molar-refractivity contribution in [3.63, 3.8) is 0 Å². The molecular weight excluding hydrogens is 372 g/mol. The van der Waals surface area contributed by atoms with Crippen molar-refractivity contribution in [1.29, 1.82) is 0 Å². The number of ether oxygens (including phenoxy) is 1. The number of amides is 1. The molecule has 0 fully saturated rings. The second-order valence-electron chi connectivity index (χ2n) is 6.00. The molecule has 3 rings (SSSR count). The molecule has 0 aliphatic carbocycles. The lowest BCUT2D eigenvalue weighted by atomic mass is 10.2. The Labute approximate surface area is 167 Å². The highest BCUT2D eigenvalue weighted by molar-refractivity contribution is 7.07. The van der Waals surface area contributed by atoms with Gasteiger partial charge in [-0.05, 0) is 17.7 Å². The van der Waals surface area contributed by atoms with Crippen LogP contribution in [0.1, 0.15) is 12.5 Å². The number of thiazole rings is 1. The number of rotatable bonds is 7. The van der Waals surface area contributed by atoms with Crippen LogP contribution in [0.4, 0.5) is 5.69 Å². The Kier molecular flexibility index (Phi) is 6.89. The molecule has 0 atom stereocenters. The first-order valence-electron chi connectivity index (χ1n) is 8.85. The standard InChI is InChI=1S/C21H22N4O2S/c1-16(26)24-19-10-8-17(9-11-19)14-23-25-20(18-6-4-3-5-7-18)15-28-21(25)22-12-13-27-2/h3-11,14-15H,12-13H2,1-2H3,(H,24,26)/b22-21?,23-14-. The van der Waals surface area contributed by atoms with Crippen molar-refractivity contribution in [2.24, 2.45) is 10.1 Å². The zero-order valence-corrected chi connectivity index (χ0v) is 16.6. The maximum Gasteiger partial charge on any atom is 0.221 e. The van der Waals surface area contributed by atoms with Gasteiger partial charge in [-0.3, -0.25) is 9.79 Å². The fraction of sp³-hybridized carbons (Fsp3) is 0.190. The highest BCUT2D eigenvalue weighted by atomic mass is 32.1. The third kappa shape index (κ3) is 5.25. The molecule has 28 heavy (non-hydrogen) atoms. The topological polar surface area (TPSA) is 68.0 Å². The molecule has 0 spiro atoms. The van der Waals surface area contributed by atoms with Gasteiger partial charge in [0, 0.05) is 30.7 Å². The summed E-state index contributed by atoms with van der Waals surface area (Å²) in [5, 5.41) is 9.47. The summed E-state index contributed by atoms with van der Waals surface area (Å²) in [6.07, 6.45) is 1.78. The molecule has 144 valence electrons. The Morgan fingerprint density at radius 2 is 1.93 bits per heavy atom. The third-order valence-corrected chi connectivity index (χ3v) is 4.70. The highest BCUT2D eigenvalue weighted by Crippen LogP contribution is 2.19. The van der Waals surface area contributed by atoms with Gasteiger partial charge < -0.3 is 10.1 Å². The van der Waals surface area contributed by atoms with Crippen LogP contribution in [-0.2, 0) is 9.53 Å². The predicted molar refractivity (Wildman–Crippen MR) is 114 cm³/mol. The lowest BCUT2D eigenvalue weighted by molar-refractivity contribution is -0.114. The van der Waals surface area contributed by atoms with Gasteiger partial charge in [0.25, 0.3) is 0 Å². The summed E-state index contributed by atoms with van der Waals surface area (Å²) in [4.78, 5) is 16.5. The number of carbonyl (C=O) groups excluding carboxylic acids is 1. The molecule has 0 saturated heterocycles.